The maximum Gasteiger partial charge on any atom is 0.222 e. The van der Waals surface area contributed by atoms with E-state index in [2.05, 4.69) is 6.58 Å². The standard InChI is InChI=1S/C10H17NO/c1-2-3-4-7-10(12)11-8-5-6-9-11/h2H,1,3-9H2. The van der Waals surface area contributed by atoms with E-state index in [4.69, 9.17) is 0 Å². The van der Waals surface area contributed by atoms with Crippen LogP contribution in [-0.2, 0) is 4.79 Å². The minimum absolute atomic E-state index is 0.328. The SMILES string of the molecule is C=CCCCC(=O)N1CCCC1. The van der Waals surface area contributed by atoms with Crippen molar-refractivity contribution in [2.75, 3.05) is 13.1 Å². The Morgan fingerprint density at radius 1 is 1.42 bits per heavy atom. The summed E-state index contributed by atoms with van der Waals surface area (Å²) in [6, 6.07) is 0. The molecule has 0 aromatic carbocycles. The fraction of sp³-hybridized carbons (Fsp3) is 0.700. The van der Waals surface area contributed by atoms with Gasteiger partial charge in [-0.2, -0.15) is 0 Å². The number of hydrogen-bond acceptors (Lipinski definition) is 1. The summed E-state index contributed by atoms with van der Waals surface area (Å²) in [7, 11) is 0. The van der Waals surface area contributed by atoms with Crippen LogP contribution >= 0.6 is 0 Å². The van der Waals surface area contributed by atoms with E-state index in [0.717, 1.165) is 25.9 Å². The van der Waals surface area contributed by atoms with Crippen molar-refractivity contribution in [1.29, 1.82) is 0 Å². The van der Waals surface area contributed by atoms with Gasteiger partial charge in [-0.05, 0) is 25.7 Å². The van der Waals surface area contributed by atoms with Crippen LogP contribution in [0.5, 0.6) is 0 Å². The molecule has 0 aromatic rings. The molecule has 1 aliphatic rings. The molecule has 0 aromatic heterocycles. The maximum atomic E-state index is 11.4. The van der Waals surface area contributed by atoms with Gasteiger partial charge in [-0.3, -0.25) is 4.79 Å². The summed E-state index contributed by atoms with van der Waals surface area (Å²) < 4.78 is 0. The van der Waals surface area contributed by atoms with Gasteiger partial charge in [-0.25, -0.2) is 0 Å². The van der Waals surface area contributed by atoms with E-state index >= 15 is 0 Å². The molecule has 0 unspecified atom stereocenters. The molecule has 1 rings (SSSR count). The van der Waals surface area contributed by atoms with Gasteiger partial charge in [0.25, 0.3) is 0 Å². The molecular weight excluding hydrogens is 150 g/mol. The van der Waals surface area contributed by atoms with Crippen LogP contribution in [0.3, 0.4) is 0 Å². The smallest absolute Gasteiger partial charge is 0.222 e. The lowest BCUT2D eigenvalue weighted by Crippen LogP contribution is -2.27. The fourth-order valence-electron chi connectivity index (χ4n) is 1.52. The first-order valence-electron chi connectivity index (χ1n) is 4.73. The van der Waals surface area contributed by atoms with E-state index in [1.54, 1.807) is 0 Å². The second kappa shape index (κ2) is 4.96. The van der Waals surface area contributed by atoms with Crippen LogP contribution < -0.4 is 0 Å². The molecule has 1 saturated heterocycles. The number of hydrogen-bond donors (Lipinski definition) is 0. The van der Waals surface area contributed by atoms with E-state index in [1.807, 2.05) is 11.0 Å². The minimum atomic E-state index is 0.328. The van der Waals surface area contributed by atoms with Crippen LogP contribution in [0.4, 0.5) is 0 Å². The molecule has 0 saturated carbocycles. The summed E-state index contributed by atoms with van der Waals surface area (Å²) in [6.45, 7) is 5.59. The Hall–Kier alpha value is -0.790. The molecule has 0 radical (unpaired) electrons. The summed E-state index contributed by atoms with van der Waals surface area (Å²) in [5, 5.41) is 0. The normalized spacial score (nSPS) is 16.5. The molecule has 68 valence electrons. The van der Waals surface area contributed by atoms with E-state index in [1.165, 1.54) is 12.8 Å². The van der Waals surface area contributed by atoms with E-state index in [0.29, 0.717) is 12.3 Å². The van der Waals surface area contributed by atoms with Crippen molar-refractivity contribution in [3.8, 4) is 0 Å². The van der Waals surface area contributed by atoms with Crippen LogP contribution in [-0.4, -0.2) is 23.9 Å². The van der Waals surface area contributed by atoms with E-state index in [-0.39, 0.29) is 0 Å². The lowest BCUT2D eigenvalue weighted by Gasteiger charge is -2.14. The van der Waals surface area contributed by atoms with Crippen molar-refractivity contribution in [1.82, 2.24) is 4.90 Å². The zero-order chi connectivity index (χ0) is 8.81. The number of carbonyl (C=O) groups excluding carboxylic acids is 1. The summed E-state index contributed by atoms with van der Waals surface area (Å²) in [6.07, 6.45) is 6.86. The highest BCUT2D eigenvalue weighted by Gasteiger charge is 2.16. The first-order valence-corrected chi connectivity index (χ1v) is 4.73. The number of allylic oxidation sites excluding steroid dienone is 1. The molecule has 1 heterocycles. The number of likely N-dealkylation sites (tertiary alicyclic amines) is 1. The van der Waals surface area contributed by atoms with Crippen LogP contribution in [0.15, 0.2) is 12.7 Å². The highest BCUT2D eigenvalue weighted by atomic mass is 16.2. The molecular formula is C10H17NO. The Morgan fingerprint density at radius 2 is 2.08 bits per heavy atom. The number of carbonyl (C=O) groups is 1. The molecule has 0 spiro atoms. The maximum absolute atomic E-state index is 11.4. The third kappa shape index (κ3) is 2.68. The van der Waals surface area contributed by atoms with Gasteiger partial charge in [-0.1, -0.05) is 6.08 Å². The molecule has 0 atom stereocenters. The summed E-state index contributed by atoms with van der Waals surface area (Å²) in [5.74, 6) is 0.328. The lowest BCUT2D eigenvalue weighted by atomic mass is 10.2. The number of amides is 1. The van der Waals surface area contributed by atoms with Crippen molar-refractivity contribution < 1.29 is 4.79 Å². The molecule has 1 amide bonds. The van der Waals surface area contributed by atoms with Crippen molar-refractivity contribution in [3.63, 3.8) is 0 Å². The quantitative estimate of drug-likeness (QED) is 0.463. The summed E-state index contributed by atoms with van der Waals surface area (Å²) in [5.41, 5.74) is 0. The topological polar surface area (TPSA) is 20.3 Å². The van der Waals surface area contributed by atoms with Crippen LogP contribution in [0, 0.1) is 0 Å². The Bertz CT molecular complexity index is 159. The monoisotopic (exact) mass is 167 g/mol. The summed E-state index contributed by atoms with van der Waals surface area (Å²) in [4.78, 5) is 13.4. The second-order valence-electron chi connectivity index (χ2n) is 3.27. The fourth-order valence-corrected chi connectivity index (χ4v) is 1.52. The number of nitrogens with zero attached hydrogens (tertiary/aromatic N) is 1. The van der Waals surface area contributed by atoms with Gasteiger partial charge in [0.2, 0.25) is 5.91 Å². The van der Waals surface area contributed by atoms with Crippen molar-refractivity contribution in [2.24, 2.45) is 0 Å². The first-order chi connectivity index (χ1) is 5.84. The van der Waals surface area contributed by atoms with Crippen LogP contribution in [0.2, 0.25) is 0 Å². The highest BCUT2D eigenvalue weighted by molar-refractivity contribution is 5.76. The molecule has 1 aliphatic heterocycles. The van der Waals surface area contributed by atoms with Crippen LogP contribution in [0.1, 0.15) is 32.1 Å². The van der Waals surface area contributed by atoms with Gasteiger partial charge in [0.1, 0.15) is 0 Å². The van der Waals surface area contributed by atoms with E-state index < -0.39 is 0 Å². The number of unbranched alkanes of at least 4 members (excludes halogenated alkanes) is 1. The van der Waals surface area contributed by atoms with Gasteiger partial charge in [0.05, 0.1) is 0 Å². The van der Waals surface area contributed by atoms with Crippen LogP contribution in [0.25, 0.3) is 0 Å². The third-order valence-electron chi connectivity index (χ3n) is 2.26. The first kappa shape index (κ1) is 9.30. The zero-order valence-corrected chi connectivity index (χ0v) is 7.59. The van der Waals surface area contributed by atoms with Gasteiger partial charge in [0.15, 0.2) is 0 Å². The van der Waals surface area contributed by atoms with Crippen molar-refractivity contribution in [3.05, 3.63) is 12.7 Å². The number of rotatable bonds is 4. The molecule has 0 N–H and O–H groups in total. The average molecular weight is 167 g/mol. The Kier molecular flexibility index (Phi) is 3.85. The third-order valence-corrected chi connectivity index (χ3v) is 2.26. The predicted molar refractivity (Wildman–Crippen MR) is 49.9 cm³/mol. The molecule has 0 bridgehead atoms. The van der Waals surface area contributed by atoms with Gasteiger partial charge in [-0.15, -0.1) is 6.58 Å². The zero-order valence-electron chi connectivity index (χ0n) is 7.59. The largest absolute Gasteiger partial charge is 0.343 e. The summed E-state index contributed by atoms with van der Waals surface area (Å²) >= 11 is 0. The molecule has 2 heteroatoms. The van der Waals surface area contributed by atoms with Gasteiger partial charge in [0, 0.05) is 19.5 Å². The predicted octanol–water partition coefficient (Wildman–Crippen LogP) is 1.97. The Labute approximate surface area is 74.2 Å². The molecule has 2 nitrogen and oxygen atoms in total. The van der Waals surface area contributed by atoms with Crippen molar-refractivity contribution in [2.45, 2.75) is 32.1 Å². The van der Waals surface area contributed by atoms with Crippen molar-refractivity contribution >= 4 is 5.91 Å². The Balaban J connectivity index is 2.14. The lowest BCUT2D eigenvalue weighted by molar-refractivity contribution is -0.130. The Morgan fingerprint density at radius 3 is 2.67 bits per heavy atom. The van der Waals surface area contributed by atoms with Gasteiger partial charge < -0.3 is 4.90 Å². The molecule has 0 aliphatic carbocycles. The second-order valence-corrected chi connectivity index (χ2v) is 3.27. The highest BCUT2D eigenvalue weighted by Crippen LogP contribution is 2.10. The van der Waals surface area contributed by atoms with E-state index in [9.17, 15) is 4.79 Å². The molecule has 12 heavy (non-hydrogen) atoms. The van der Waals surface area contributed by atoms with Gasteiger partial charge >= 0.3 is 0 Å². The molecule has 1 fully saturated rings. The average Bonchev–Trinajstić information content (AvgIpc) is 2.56. The minimum Gasteiger partial charge on any atom is -0.343 e.